The minimum atomic E-state index is -4.95. The van der Waals surface area contributed by atoms with Crippen molar-refractivity contribution in [1.82, 2.24) is 0 Å². The van der Waals surface area contributed by atoms with E-state index in [4.69, 9.17) is 37.0 Å². The van der Waals surface area contributed by atoms with Crippen LogP contribution in [0, 0.1) is 5.92 Å². The van der Waals surface area contributed by atoms with Gasteiger partial charge < -0.3 is 33.8 Å². The molecule has 17 nitrogen and oxygen atoms in total. The van der Waals surface area contributed by atoms with Crippen LogP contribution in [0.5, 0.6) is 0 Å². The van der Waals surface area contributed by atoms with Crippen LogP contribution in [0.1, 0.15) is 343 Å². The molecule has 0 aromatic heterocycles. The van der Waals surface area contributed by atoms with Crippen molar-refractivity contribution in [1.29, 1.82) is 0 Å². The van der Waals surface area contributed by atoms with Gasteiger partial charge in [0, 0.05) is 25.7 Å². The predicted molar refractivity (Wildman–Crippen MR) is 345 cm³/mol. The van der Waals surface area contributed by atoms with Crippen LogP contribution in [0.15, 0.2) is 0 Å². The summed E-state index contributed by atoms with van der Waals surface area (Å²) in [7, 11) is -9.89. The monoisotopic (exact) mass is 1270 g/mol. The third-order valence-electron chi connectivity index (χ3n) is 15.9. The Hall–Kier alpha value is -1.94. The van der Waals surface area contributed by atoms with Crippen LogP contribution in [0.25, 0.3) is 0 Å². The lowest BCUT2D eigenvalue weighted by Gasteiger charge is -2.21. The number of hydrogen-bond donors (Lipinski definition) is 3. The molecule has 0 heterocycles. The molecule has 3 N–H and O–H groups in total. The molecule has 0 bridgehead atoms. The fourth-order valence-electron chi connectivity index (χ4n) is 10.1. The number of rotatable bonds is 67. The van der Waals surface area contributed by atoms with Gasteiger partial charge in [0.2, 0.25) is 0 Å². The molecule has 0 saturated heterocycles. The fourth-order valence-corrected chi connectivity index (χ4v) is 11.7. The Kier molecular flexibility index (Phi) is 59.2. The van der Waals surface area contributed by atoms with Crippen molar-refractivity contribution >= 4 is 39.5 Å². The Bertz CT molecular complexity index is 1670. The van der Waals surface area contributed by atoms with E-state index in [2.05, 4.69) is 34.6 Å². The van der Waals surface area contributed by atoms with Crippen LogP contribution >= 0.6 is 15.6 Å². The van der Waals surface area contributed by atoms with Crippen LogP contribution in [-0.4, -0.2) is 96.7 Å². The third kappa shape index (κ3) is 59.7. The van der Waals surface area contributed by atoms with Crippen LogP contribution in [-0.2, 0) is 65.4 Å². The van der Waals surface area contributed by atoms with Gasteiger partial charge in [-0.2, -0.15) is 0 Å². The molecule has 0 rings (SSSR count). The van der Waals surface area contributed by atoms with Gasteiger partial charge in [0.1, 0.15) is 19.3 Å². The zero-order valence-corrected chi connectivity index (χ0v) is 57.2. The first kappa shape index (κ1) is 84.1. The second-order valence-electron chi connectivity index (χ2n) is 24.5. The topological polar surface area (TPSA) is 237 Å². The van der Waals surface area contributed by atoms with E-state index in [0.29, 0.717) is 25.7 Å². The van der Waals surface area contributed by atoms with E-state index in [1.165, 1.54) is 161 Å². The highest BCUT2D eigenvalue weighted by Gasteiger charge is 2.30. The minimum Gasteiger partial charge on any atom is -0.462 e. The summed E-state index contributed by atoms with van der Waals surface area (Å²) in [4.78, 5) is 72.3. The Morgan fingerprint density at radius 2 is 0.558 bits per heavy atom. The SMILES string of the molecule is CCCCCCCCCCCCCCCCCCC(=O)O[C@H](COC(=O)CCCCCCCCC(C)CC)COP(=O)(O)OC[C@@H](O)COP(=O)(O)OC[C@@H](COC(=O)CCCCCCCCCCCC)OC(=O)CCCCCCCCCCCC. The van der Waals surface area contributed by atoms with Crippen LogP contribution in [0.2, 0.25) is 0 Å². The largest absolute Gasteiger partial charge is 0.472 e. The van der Waals surface area contributed by atoms with Gasteiger partial charge in [-0.15, -0.1) is 0 Å². The average Bonchev–Trinajstić information content (AvgIpc) is 3.50. The van der Waals surface area contributed by atoms with Crippen molar-refractivity contribution in [3.63, 3.8) is 0 Å². The maximum atomic E-state index is 13.0. The minimum absolute atomic E-state index is 0.107. The Balaban J connectivity index is 5.22. The predicted octanol–water partition coefficient (Wildman–Crippen LogP) is 19.0. The summed E-state index contributed by atoms with van der Waals surface area (Å²) in [6.45, 7) is 7.17. The first-order valence-corrected chi connectivity index (χ1v) is 38.2. The maximum absolute atomic E-state index is 13.0. The molecule has 0 aliphatic carbocycles. The summed E-state index contributed by atoms with van der Waals surface area (Å²) in [6.07, 6.45) is 45.8. The van der Waals surface area contributed by atoms with E-state index in [0.717, 1.165) is 102 Å². The molecule has 510 valence electrons. The molecule has 0 radical (unpaired) electrons. The standard InChI is InChI=1S/C67H130O17P2/c1-6-10-13-16-19-22-25-26-27-28-29-30-33-36-43-48-53-67(72)84-63(57-78-65(70)51-46-41-38-37-39-44-49-60(5)9-4)59-82-86(75,76)80-55-61(68)54-79-85(73,74)81-58-62(83-66(71)52-47-42-35-32-24-21-18-15-12-8-3)56-77-64(69)50-45-40-34-31-23-20-17-14-11-7-2/h60-63,68H,6-59H2,1-5H3,(H,73,74)(H,75,76)/t60?,61-,62+,63+/m0/s1. The van der Waals surface area contributed by atoms with Crippen molar-refractivity contribution in [2.75, 3.05) is 39.6 Å². The number of esters is 4. The molecule has 19 heteroatoms. The van der Waals surface area contributed by atoms with Gasteiger partial charge in [0.25, 0.3) is 0 Å². The summed E-state index contributed by atoms with van der Waals surface area (Å²) in [5.74, 6) is -1.40. The van der Waals surface area contributed by atoms with E-state index >= 15 is 0 Å². The van der Waals surface area contributed by atoms with Gasteiger partial charge in [0.05, 0.1) is 26.4 Å². The average molecular weight is 1270 g/mol. The van der Waals surface area contributed by atoms with Gasteiger partial charge >= 0.3 is 39.5 Å². The van der Waals surface area contributed by atoms with Gasteiger partial charge in [-0.3, -0.25) is 37.3 Å². The van der Waals surface area contributed by atoms with Crippen molar-refractivity contribution in [2.45, 2.75) is 361 Å². The number of phosphoric ester groups is 2. The Morgan fingerprint density at radius 1 is 0.326 bits per heavy atom. The zero-order valence-electron chi connectivity index (χ0n) is 55.4. The highest BCUT2D eigenvalue weighted by atomic mass is 31.2. The number of phosphoric acid groups is 2. The second kappa shape index (κ2) is 60.6. The van der Waals surface area contributed by atoms with Crippen molar-refractivity contribution < 1.29 is 80.2 Å². The van der Waals surface area contributed by atoms with Gasteiger partial charge in [-0.05, 0) is 31.6 Å². The molecule has 0 spiro atoms. The van der Waals surface area contributed by atoms with Gasteiger partial charge in [-0.25, -0.2) is 9.13 Å². The summed E-state index contributed by atoms with van der Waals surface area (Å²) >= 11 is 0. The van der Waals surface area contributed by atoms with Gasteiger partial charge in [-0.1, -0.05) is 291 Å². The lowest BCUT2D eigenvalue weighted by Crippen LogP contribution is -2.30. The van der Waals surface area contributed by atoms with E-state index < -0.39 is 97.5 Å². The molecule has 0 aliphatic heterocycles. The van der Waals surface area contributed by atoms with Crippen molar-refractivity contribution in [3.8, 4) is 0 Å². The summed E-state index contributed by atoms with van der Waals surface area (Å²) in [5, 5.41) is 10.6. The third-order valence-corrected chi connectivity index (χ3v) is 17.8. The molecule has 0 aliphatic rings. The number of aliphatic hydroxyl groups excluding tert-OH is 1. The number of carbonyl (C=O) groups excluding carboxylic acids is 4. The van der Waals surface area contributed by atoms with E-state index in [9.17, 15) is 43.2 Å². The maximum Gasteiger partial charge on any atom is 0.472 e. The number of hydrogen-bond acceptors (Lipinski definition) is 15. The Morgan fingerprint density at radius 3 is 0.826 bits per heavy atom. The first-order valence-electron chi connectivity index (χ1n) is 35.2. The molecule has 0 fully saturated rings. The van der Waals surface area contributed by atoms with Crippen LogP contribution < -0.4 is 0 Å². The van der Waals surface area contributed by atoms with E-state index in [1.54, 1.807) is 0 Å². The molecule has 0 saturated carbocycles. The van der Waals surface area contributed by atoms with Crippen molar-refractivity contribution in [3.05, 3.63) is 0 Å². The summed E-state index contributed by atoms with van der Waals surface area (Å²) in [6, 6.07) is 0. The molecular formula is C67H130O17P2. The molecule has 3 unspecified atom stereocenters. The smallest absolute Gasteiger partial charge is 0.462 e. The molecule has 86 heavy (non-hydrogen) atoms. The Labute approximate surface area is 524 Å². The van der Waals surface area contributed by atoms with E-state index in [1.807, 2.05) is 0 Å². The van der Waals surface area contributed by atoms with Crippen molar-refractivity contribution in [2.24, 2.45) is 5.92 Å². The van der Waals surface area contributed by atoms with Crippen LogP contribution in [0.4, 0.5) is 0 Å². The quantitative estimate of drug-likeness (QED) is 0.0222. The number of ether oxygens (including phenoxy) is 4. The summed E-state index contributed by atoms with van der Waals surface area (Å²) in [5.41, 5.74) is 0. The molecule has 6 atom stereocenters. The highest BCUT2D eigenvalue weighted by molar-refractivity contribution is 7.47. The van der Waals surface area contributed by atoms with E-state index in [-0.39, 0.29) is 25.7 Å². The fraction of sp³-hybridized carbons (Fsp3) is 0.940. The molecular weight excluding hydrogens is 1140 g/mol. The molecule has 0 aromatic carbocycles. The molecule has 0 aromatic rings. The lowest BCUT2D eigenvalue weighted by atomic mass is 10.00. The first-order chi connectivity index (χ1) is 41.6. The van der Waals surface area contributed by atoms with Gasteiger partial charge in [0.15, 0.2) is 12.2 Å². The highest BCUT2D eigenvalue weighted by Crippen LogP contribution is 2.45. The number of carbonyl (C=O) groups is 4. The number of unbranched alkanes of at least 4 members (excludes halogenated alkanes) is 38. The lowest BCUT2D eigenvalue weighted by molar-refractivity contribution is -0.161. The second-order valence-corrected chi connectivity index (χ2v) is 27.4. The zero-order chi connectivity index (χ0) is 63.5. The summed E-state index contributed by atoms with van der Waals surface area (Å²) < 4.78 is 68.1. The number of aliphatic hydroxyl groups is 1. The normalized spacial score (nSPS) is 14.5. The van der Waals surface area contributed by atoms with Crippen LogP contribution in [0.3, 0.4) is 0 Å². The molecule has 0 amide bonds.